The van der Waals surface area contributed by atoms with Crippen molar-refractivity contribution in [2.24, 2.45) is 7.05 Å². The molecule has 1 aliphatic rings. The van der Waals surface area contributed by atoms with Crippen molar-refractivity contribution >= 4 is 11.0 Å². The maximum atomic E-state index is 4.73. The number of hydrogen-bond donors (Lipinski definition) is 1. The largest absolute Gasteiger partial charge is 0.328 e. The van der Waals surface area contributed by atoms with Crippen molar-refractivity contribution < 1.29 is 0 Å². The molecule has 0 saturated carbocycles. The first-order valence-electron chi connectivity index (χ1n) is 5.73. The van der Waals surface area contributed by atoms with Crippen LogP contribution < -0.4 is 5.32 Å². The molecule has 1 fully saturated rings. The monoisotopic (exact) mass is 216 g/mol. The number of imidazole rings is 1. The molecule has 84 valence electrons. The van der Waals surface area contributed by atoms with Gasteiger partial charge in [-0.25, -0.2) is 4.98 Å². The van der Waals surface area contributed by atoms with Gasteiger partial charge in [0.1, 0.15) is 5.82 Å². The van der Waals surface area contributed by atoms with Gasteiger partial charge in [-0.05, 0) is 32.4 Å². The lowest BCUT2D eigenvalue weighted by Gasteiger charge is -2.23. The minimum atomic E-state index is 0.0216. The van der Waals surface area contributed by atoms with Crippen LogP contribution in [0.1, 0.15) is 25.6 Å². The molecule has 4 nitrogen and oxygen atoms in total. The van der Waals surface area contributed by atoms with Crippen molar-refractivity contribution in [3.8, 4) is 0 Å². The molecule has 1 atom stereocenters. The van der Waals surface area contributed by atoms with Gasteiger partial charge in [-0.2, -0.15) is 0 Å². The Hall–Kier alpha value is -1.42. The van der Waals surface area contributed by atoms with Gasteiger partial charge in [-0.1, -0.05) is 0 Å². The minimum Gasteiger partial charge on any atom is -0.328 e. The molecule has 1 N–H and O–H groups in total. The summed E-state index contributed by atoms with van der Waals surface area (Å²) >= 11 is 0. The smallest absolute Gasteiger partial charge is 0.129 e. The van der Waals surface area contributed by atoms with E-state index in [0.29, 0.717) is 0 Å². The zero-order chi connectivity index (χ0) is 11.2. The molecule has 0 aromatic carbocycles. The van der Waals surface area contributed by atoms with Crippen molar-refractivity contribution in [3.63, 3.8) is 0 Å². The van der Waals surface area contributed by atoms with Gasteiger partial charge in [0.2, 0.25) is 0 Å². The molecule has 0 spiro atoms. The van der Waals surface area contributed by atoms with Gasteiger partial charge < -0.3 is 9.88 Å². The lowest BCUT2D eigenvalue weighted by molar-refractivity contribution is 0.397. The molecule has 0 radical (unpaired) electrons. The molecule has 0 aliphatic carbocycles. The van der Waals surface area contributed by atoms with Crippen LogP contribution in [0.25, 0.3) is 11.0 Å². The topological polar surface area (TPSA) is 42.7 Å². The van der Waals surface area contributed by atoms with Gasteiger partial charge in [0.05, 0.1) is 22.8 Å². The third-order valence-electron chi connectivity index (χ3n) is 3.55. The first kappa shape index (κ1) is 9.78. The third kappa shape index (κ3) is 1.26. The molecule has 3 rings (SSSR count). The molecule has 3 heterocycles. The Morgan fingerprint density at radius 1 is 1.50 bits per heavy atom. The predicted octanol–water partition coefficient (Wildman–Crippen LogP) is 1.57. The summed E-state index contributed by atoms with van der Waals surface area (Å²) in [5.41, 5.74) is 2.16. The van der Waals surface area contributed by atoms with E-state index in [1.54, 1.807) is 6.20 Å². The highest BCUT2D eigenvalue weighted by Crippen LogP contribution is 2.30. The molecule has 2 aromatic heterocycles. The summed E-state index contributed by atoms with van der Waals surface area (Å²) in [5, 5.41) is 3.55. The van der Waals surface area contributed by atoms with E-state index >= 15 is 0 Å². The lowest BCUT2D eigenvalue weighted by atomic mass is 9.99. The summed E-state index contributed by atoms with van der Waals surface area (Å²) in [4.78, 5) is 8.88. The van der Waals surface area contributed by atoms with Crippen LogP contribution in [0.15, 0.2) is 18.5 Å². The Bertz CT molecular complexity index is 523. The molecule has 1 saturated heterocycles. The Morgan fingerprint density at radius 3 is 3.06 bits per heavy atom. The minimum absolute atomic E-state index is 0.0216. The van der Waals surface area contributed by atoms with Crippen LogP contribution >= 0.6 is 0 Å². The van der Waals surface area contributed by atoms with Crippen molar-refractivity contribution in [2.75, 3.05) is 6.54 Å². The van der Waals surface area contributed by atoms with Crippen molar-refractivity contribution in [1.29, 1.82) is 0 Å². The van der Waals surface area contributed by atoms with Gasteiger partial charge in [0.15, 0.2) is 0 Å². The second kappa shape index (κ2) is 3.28. The van der Waals surface area contributed by atoms with Crippen LogP contribution in [-0.4, -0.2) is 21.1 Å². The Morgan fingerprint density at radius 2 is 2.38 bits per heavy atom. The SMILES string of the molecule is Cn1c(C2(C)CCCN2)nc2ccncc21. The van der Waals surface area contributed by atoms with E-state index in [1.165, 1.54) is 6.42 Å². The fraction of sp³-hybridized carbons (Fsp3) is 0.500. The average molecular weight is 216 g/mol. The van der Waals surface area contributed by atoms with Crippen LogP contribution in [0.3, 0.4) is 0 Å². The number of nitrogens with one attached hydrogen (secondary N) is 1. The van der Waals surface area contributed by atoms with E-state index in [4.69, 9.17) is 4.98 Å². The van der Waals surface area contributed by atoms with E-state index in [9.17, 15) is 0 Å². The first-order valence-corrected chi connectivity index (χ1v) is 5.73. The number of aryl methyl sites for hydroxylation is 1. The number of rotatable bonds is 1. The molecular weight excluding hydrogens is 200 g/mol. The highest BCUT2D eigenvalue weighted by Gasteiger charge is 2.34. The lowest BCUT2D eigenvalue weighted by Crippen LogP contribution is -2.35. The molecule has 2 aromatic rings. The van der Waals surface area contributed by atoms with E-state index in [-0.39, 0.29) is 5.54 Å². The second-order valence-electron chi connectivity index (χ2n) is 4.72. The average Bonchev–Trinajstić information content (AvgIpc) is 2.86. The standard InChI is InChI=1S/C12H16N4/c1-12(5-3-6-14-12)11-15-9-4-7-13-8-10(9)16(11)2/h4,7-8,14H,3,5-6H2,1-2H3. The Kier molecular flexibility index (Phi) is 2.01. The molecule has 0 amide bonds. The summed E-state index contributed by atoms with van der Waals surface area (Å²) in [6, 6.07) is 1.97. The molecule has 4 heteroatoms. The number of fused-ring (bicyclic) bond motifs is 1. The predicted molar refractivity (Wildman–Crippen MR) is 63.1 cm³/mol. The van der Waals surface area contributed by atoms with Crippen LogP contribution in [0.4, 0.5) is 0 Å². The zero-order valence-corrected chi connectivity index (χ0v) is 9.70. The van der Waals surface area contributed by atoms with Gasteiger partial charge in [0.25, 0.3) is 0 Å². The Labute approximate surface area is 94.7 Å². The number of nitrogens with zero attached hydrogens (tertiary/aromatic N) is 3. The van der Waals surface area contributed by atoms with Crippen LogP contribution in [0.2, 0.25) is 0 Å². The van der Waals surface area contributed by atoms with Crippen molar-refractivity contribution in [2.45, 2.75) is 25.3 Å². The summed E-state index contributed by atoms with van der Waals surface area (Å²) < 4.78 is 2.15. The zero-order valence-electron chi connectivity index (χ0n) is 9.70. The number of aromatic nitrogens is 3. The third-order valence-corrected chi connectivity index (χ3v) is 3.55. The van der Waals surface area contributed by atoms with Crippen LogP contribution in [-0.2, 0) is 12.6 Å². The van der Waals surface area contributed by atoms with Crippen molar-refractivity contribution in [3.05, 3.63) is 24.3 Å². The first-order chi connectivity index (χ1) is 7.71. The van der Waals surface area contributed by atoms with E-state index < -0.39 is 0 Å². The second-order valence-corrected chi connectivity index (χ2v) is 4.72. The summed E-state index contributed by atoms with van der Waals surface area (Å²) in [7, 11) is 2.07. The molecule has 0 bridgehead atoms. The molecule has 16 heavy (non-hydrogen) atoms. The fourth-order valence-corrected chi connectivity index (χ4v) is 2.61. The van der Waals surface area contributed by atoms with Gasteiger partial charge >= 0.3 is 0 Å². The number of pyridine rings is 1. The quantitative estimate of drug-likeness (QED) is 0.786. The van der Waals surface area contributed by atoms with E-state index in [2.05, 4.69) is 28.8 Å². The van der Waals surface area contributed by atoms with Crippen LogP contribution in [0, 0.1) is 0 Å². The van der Waals surface area contributed by atoms with E-state index in [0.717, 1.165) is 29.8 Å². The normalized spacial score (nSPS) is 25.4. The van der Waals surface area contributed by atoms with Gasteiger partial charge in [-0.15, -0.1) is 0 Å². The van der Waals surface area contributed by atoms with E-state index in [1.807, 2.05) is 12.3 Å². The molecule has 1 aliphatic heterocycles. The highest BCUT2D eigenvalue weighted by atomic mass is 15.1. The van der Waals surface area contributed by atoms with Crippen LogP contribution in [0.5, 0.6) is 0 Å². The van der Waals surface area contributed by atoms with Gasteiger partial charge in [0, 0.05) is 13.2 Å². The van der Waals surface area contributed by atoms with Crippen molar-refractivity contribution in [1.82, 2.24) is 19.9 Å². The molecular formula is C12H16N4. The van der Waals surface area contributed by atoms with Gasteiger partial charge in [-0.3, -0.25) is 4.98 Å². The number of hydrogen-bond acceptors (Lipinski definition) is 3. The maximum absolute atomic E-state index is 4.73. The molecule has 1 unspecified atom stereocenters. The summed E-state index contributed by atoms with van der Waals surface area (Å²) in [5.74, 6) is 1.12. The fourth-order valence-electron chi connectivity index (χ4n) is 2.61. The summed E-state index contributed by atoms with van der Waals surface area (Å²) in [6.07, 6.45) is 6.04. The maximum Gasteiger partial charge on any atom is 0.129 e. The highest BCUT2D eigenvalue weighted by molar-refractivity contribution is 5.74. The summed E-state index contributed by atoms with van der Waals surface area (Å²) in [6.45, 7) is 3.31. The Balaban J connectivity index is 2.20.